The third-order valence-corrected chi connectivity index (χ3v) is 4.17. The summed E-state index contributed by atoms with van der Waals surface area (Å²) in [5.74, 6) is 0.896. The first-order valence-electron chi connectivity index (χ1n) is 7.93. The smallest absolute Gasteiger partial charge is 0.287 e. The van der Waals surface area contributed by atoms with Crippen LogP contribution in [-0.4, -0.2) is 28.8 Å². The number of rotatable bonds is 6. The van der Waals surface area contributed by atoms with Gasteiger partial charge in [-0.05, 0) is 31.5 Å². The molecular formula is C16H22N4O3. The SMILES string of the molecule is CCn1nccc1[C@@H]1OCC[C@H]1CNC(=O)c1ccc(CN)o1. The lowest BCUT2D eigenvalue weighted by Crippen LogP contribution is -2.30. The van der Waals surface area contributed by atoms with Crippen LogP contribution in [0.3, 0.4) is 0 Å². The number of carbonyl (C=O) groups is 1. The summed E-state index contributed by atoms with van der Waals surface area (Å²) in [7, 11) is 0. The quantitative estimate of drug-likeness (QED) is 0.841. The number of nitrogens with two attached hydrogens (primary N) is 1. The minimum atomic E-state index is -0.223. The third kappa shape index (κ3) is 3.30. The van der Waals surface area contributed by atoms with Gasteiger partial charge >= 0.3 is 0 Å². The molecule has 7 heteroatoms. The van der Waals surface area contributed by atoms with Crippen LogP contribution >= 0.6 is 0 Å². The first-order valence-corrected chi connectivity index (χ1v) is 7.93. The van der Waals surface area contributed by atoms with E-state index < -0.39 is 0 Å². The maximum Gasteiger partial charge on any atom is 0.287 e. The zero-order chi connectivity index (χ0) is 16.2. The molecule has 0 saturated carbocycles. The minimum absolute atomic E-state index is 0.0334. The van der Waals surface area contributed by atoms with Gasteiger partial charge in [-0.25, -0.2) is 0 Å². The molecule has 124 valence electrons. The van der Waals surface area contributed by atoms with Gasteiger partial charge in [-0.3, -0.25) is 9.48 Å². The van der Waals surface area contributed by atoms with Crippen molar-refractivity contribution in [2.45, 2.75) is 32.5 Å². The molecule has 0 radical (unpaired) electrons. The molecule has 1 saturated heterocycles. The number of hydrogen-bond acceptors (Lipinski definition) is 5. The highest BCUT2D eigenvalue weighted by atomic mass is 16.5. The summed E-state index contributed by atoms with van der Waals surface area (Å²) in [6.45, 7) is 4.37. The Morgan fingerprint density at radius 1 is 1.48 bits per heavy atom. The summed E-state index contributed by atoms with van der Waals surface area (Å²) in [5.41, 5.74) is 6.55. The summed E-state index contributed by atoms with van der Waals surface area (Å²) in [4.78, 5) is 12.1. The normalized spacial score (nSPS) is 20.8. The molecule has 3 heterocycles. The van der Waals surface area contributed by atoms with Crippen molar-refractivity contribution in [2.75, 3.05) is 13.2 Å². The minimum Gasteiger partial charge on any atom is -0.455 e. The number of aromatic nitrogens is 2. The Morgan fingerprint density at radius 3 is 3.09 bits per heavy atom. The fourth-order valence-electron chi connectivity index (χ4n) is 2.94. The van der Waals surface area contributed by atoms with Gasteiger partial charge in [0.25, 0.3) is 5.91 Å². The van der Waals surface area contributed by atoms with Crippen molar-refractivity contribution in [3.05, 3.63) is 41.6 Å². The van der Waals surface area contributed by atoms with Gasteiger partial charge in [0.2, 0.25) is 0 Å². The van der Waals surface area contributed by atoms with Crippen LogP contribution in [0.25, 0.3) is 0 Å². The summed E-state index contributed by atoms with van der Waals surface area (Å²) in [6.07, 6.45) is 2.66. The molecule has 0 spiro atoms. The largest absolute Gasteiger partial charge is 0.455 e. The first kappa shape index (κ1) is 15.8. The number of nitrogens with zero attached hydrogens (tertiary/aromatic N) is 2. The Bertz CT molecular complexity index is 664. The Labute approximate surface area is 134 Å². The number of amides is 1. The van der Waals surface area contributed by atoms with Crippen molar-refractivity contribution in [1.29, 1.82) is 0 Å². The van der Waals surface area contributed by atoms with Gasteiger partial charge in [0, 0.05) is 31.8 Å². The van der Waals surface area contributed by atoms with E-state index in [2.05, 4.69) is 10.4 Å². The molecule has 2 atom stereocenters. The van der Waals surface area contributed by atoms with Crippen molar-refractivity contribution in [3.63, 3.8) is 0 Å². The van der Waals surface area contributed by atoms with Crippen LogP contribution in [0.5, 0.6) is 0 Å². The Balaban J connectivity index is 1.62. The van der Waals surface area contributed by atoms with Crippen LogP contribution in [0.4, 0.5) is 0 Å². The number of carbonyl (C=O) groups excluding carboxylic acids is 1. The molecule has 7 nitrogen and oxygen atoms in total. The van der Waals surface area contributed by atoms with Crippen LogP contribution < -0.4 is 11.1 Å². The van der Waals surface area contributed by atoms with Gasteiger partial charge in [-0.2, -0.15) is 5.10 Å². The van der Waals surface area contributed by atoms with Crippen molar-refractivity contribution < 1.29 is 13.9 Å². The number of hydrogen-bond donors (Lipinski definition) is 2. The highest BCUT2D eigenvalue weighted by molar-refractivity contribution is 5.91. The van der Waals surface area contributed by atoms with Gasteiger partial charge < -0.3 is 20.2 Å². The summed E-state index contributed by atoms with van der Waals surface area (Å²) >= 11 is 0. The molecule has 23 heavy (non-hydrogen) atoms. The average Bonchev–Trinajstić information content (AvgIpc) is 3.31. The topological polar surface area (TPSA) is 95.3 Å². The van der Waals surface area contributed by atoms with E-state index in [0.717, 1.165) is 18.7 Å². The van der Waals surface area contributed by atoms with E-state index in [4.69, 9.17) is 14.9 Å². The van der Waals surface area contributed by atoms with Crippen LogP contribution in [0.2, 0.25) is 0 Å². The fraction of sp³-hybridized carbons (Fsp3) is 0.500. The lowest BCUT2D eigenvalue weighted by molar-refractivity contribution is 0.0786. The summed E-state index contributed by atoms with van der Waals surface area (Å²) < 4.78 is 13.2. The molecule has 2 aromatic rings. The maximum absolute atomic E-state index is 12.1. The van der Waals surface area contributed by atoms with Gasteiger partial charge in [-0.15, -0.1) is 0 Å². The Kier molecular flexibility index (Phi) is 4.78. The first-order chi connectivity index (χ1) is 11.2. The second kappa shape index (κ2) is 6.97. The van der Waals surface area contributed by atoms with Crippen LogP contribution in [-0.2, 0) is 17.8 Å². The molecule has 0 unspecified atom stereocenters. The monoisotopic (exact) mass is 318 g/mol. The van der Waals surface area contributed by atoms with E-state index in [0.29, 0.717) is 24.7 Å². The standard InChI is InChI=1S/C16H22N4O3/c1-2-20-13(5-7-19-20)15-11(6-8-22-15)10-18-16(21)14-4-3-12(9-17)23-14/h3-5,7,11,15H,2,6,8-10,17H2,1H3,(H,18,21)/t11-,15+/m0/s1. The highest BCUT2D eigenvalue weighted by Crippen LogP contribution is 2.34. The zero-order valence-electron chi connectivity index (χ0n) is 13.2. The molecule has 0 aromatic carbocycles. The zero-order valence-corrected chi connectivity index (χ0v) is 13.2. The molecular weight excluding hydrogens is 296 g/mol. The molecule has 2 aromatic heterocycles. The van der Waals surface area contributed by atoms with E-state index in [-0.39, 0.29) is 24.5 Å². The number of ether oxygens (including phenoxy) is 1. The van der Waals surface area contributed by atoms with E-state index in [1.165, 1.54) is 0 Å². The molecule has 1 aliphatic heterocycles. The summed E-state index contributed by atoms with van der Waals surface area (Å²) in [5, 5.41) is 7.22. The number of nitrogens with one attached hydrogen (secondary N) is 1. The van der Waals surface area contributed by atoms with E-state index in [9.17, 15) is 4.79 Å². The fourth-order valence-corrected chi connectivity index (χ4v) is 2.94. The molecule has 0 aliphatic carbocycles. The van der Waals surface area contributed by atoms with Crippen molar-refractivity contribution in [1.82, 2.24) is 15.1 Å². The second-order valence-corrected chi connectivity index (χ2v) is 5.59. The van der Waals surface area contributed by atoms with Crippen molar-refractivity contribution >= 4 is 5.91 Å². The molecule has 3 rings (SSSR count). The third-order valence-electron chi connectivity index (χ3n) is 4.17. The van der Waals surface area contributed by atoms with Crippen molar-refractivity contribution in [2.24, 2.45) is 11.7 Å². The molecule has 3 N–H and O–H groups in total. The van der Waals surface area contributed by atoms with Gasteiger partial charge in [0.05, 0.1) is 12.2 Å². The number of aryl methyl sites for hydroxylation is 1. The van der Waals surface area contributed by atoms with Crippen molar-refractivity contribution in [3.8, 4) is 0 Å². The number of furan rings is 1. The van der Waals surface area contributed by atoms with E-state index >= 15 is 0 Å². The Morgan fingerprint density at radius 2 is 2.35 bits per heavy atom. The van der Waals surface area contributed by atoms with Crippen LogP contribution in [0.15, 0.2) is 28.8 Å². The van der Waals surface area contributed by atoms with E-state index in [1.807, 2.05) is 17.7 Å². The van der Waals surface area contributed by atoms with Gasteiger partial charge in [-0.1, -0.05) is 0 Å². The summed E-state index contributed by atoms with van der Waals surface area (Å²) in [6, 6.07) is 5.34. The lowest BCUT2D eigenvalue weighted by Gasteiger charge is -2.19. The predicted molar refractivity (Wildman–Crippen MR) is 83.6 cm³/mol. The van der Waals surface area contributed by atoms with E-state index in [1.54, 1.807) is 18.3 Å². The molecule has 0 bridgehead atoms. The van der Waals surface area contributed by atoms with Crippen LogP contribution in [0, 0.1) is 5.92 Å². The molecule has 1 aliphatic rings. The highest BCUT2D eigenvalue weighted by Gasteiger charge is 2.32. The van der Waals surface area contributed by atoms with Gasteiger partial charge in [0.15, 0.2) is 5.76 Å². The lowest BCUT2D eigenvalue weighted by atomic mass is 9.99. The molecule has 1 fully saturated rings. The maximum atomic E-state index is 12.1. The van der Waals surface area contributed by atoms with Crippen LogP contribution in [0.1, 0.15) is 41.5 Å². The predicted octanol–water partition coefficient (Wildman–Crippen LogP) is 1.46. The second-order valence-electron chi connectivity index (χ2n) is 5.59. The average molecular weight is 318 g/mol. The Hall–Kier alpha value is -2.12. The molecule has 1 amide bonds. The van der Waals surface area contributed by atoms with Gasteiger partial charge in [0.1, 0.15) is 11.9 Å².